The summed E-state index contributed by atoms with van der Waals surface area (Å²) in [5.74, 6) is 0.292. The number of amides is 1. The molecule has 2 aliphatic heterocycles. The molecule has 0 aliphatic carbocycles. The van der Waals surface area contributed by atoms with Crippen LogP contribution >= 0.6 is 0 Å². The van der Waals surface area contributed by atoms with E-state index in [2.05, 4.69) is 9.97 Å². The van der Waals surface area contributed by atoms with Crippen molar-refractivity contribution in [1.82, 2.24) is 14.9 Å². The molecule has 24 heavy (non-hydrogen) atoms. The van der Waals surface area contributed by atoms with E-state index in [4.69, 9.17) is 0 Å². The molecule has 1 unspecified atom stereocenters. The molecular weight excluding hydrogens is 323 g/mol. The molecule has 1 amide bonds. The molecule has 1 aromatic rings. The van der Waals surface area contributed by atoms with Gasteiger partial charge in [-0.1, -0.05) is 0 Å². The quantitative estimate of drug-likeness (QED) is 0.823. The number of aromatic nitrogens is 2. The second-order valence-corrected chi connectivity index (χ2v) is 6.31. The number of fused-ring (bicyclic) bond motifs is 1. The highest BCUT2D eigenvalue weighted by atomic mass is 19.4. The van der Waals surface area contributed by atoms with E-state index in [-0.39, 0.29) is 30.3 Å². The smallest absolute Gasteiger partial charge is 0.363 e. The fraction of sp³-hybridized carbons (Fsp3) is 0.667. The minimum atomic E-state index is -4.54. The number of halogens is 3. The highest BCUT2D eigenvalue weighted by Gasteiger charge is 2.39. The Morgan fingerprint density at radius 3 is 2.58 bits per heavy atom. The van der Waals surface area contributed by atoms with Gasteiger partial charge in [-0.2, -0.15) is 18.2 Å². The lowest BCUT2D eigenvalue weighted by Gasteiger charge is -2.46. The van der Waals surface area contributed by atoms with Gasteiger partial charge in [0.15, 0.2) is 5.69 Å². The molecule has 0 spiro atoms. The van der Waals surface area contributed by atoms with Crippen molar-refractivity contribution in [3.8, 4) is 0 Å². The van der Waals surface area contributed by atoms with Gasteiger partial charge in [0.25, 0.3) is 0 Å². The fourth-order valence-corrected chi connectivity index (χ4v) is 3.20. The Hall–Kier alpha value is -2.06. The van der Waals surface area contributed by atoms with Gasteiger partial charge in [-0.25, -0.2) is 4.98 Å². The lowest BCUT2D eigenvalue weighted by atomic mass is 10.0. The van der Waals surface area contributed by atoms with Gasteiger partial charge < -0.3 is 14.7 Å². The van der Waals surface area contributed by atoms with Crippen molar-refractivity contribution in [3.63, 3.8) is 0 Å². The summed E-state index contributed by atoms with van der Waals surface area (Å²) in [6.07, 6.45) is -1.94. The predicted molar refractivity (Wildman–Crippen MR) is 82.7 cm³/mol. The Morgan fingerprint density at radius 2 is 1.92 bits per heavy atom. The molecule has 0 saturated carbocycles. The largest absolute Gasteiger partial charge is 0.433 e. The Morgan fingerprint density at radius 1 is 1.17 bits per heavy atom. The van der Waals surface area contributed by atoms with E-state index in [0.29, 0.717) is 13.1 Å². The normalized spacial score (nSPS) is 21.7. The molecule has 0 N–H and O–H groups in total. The van der Waals surface area contributed by atoms with Crippen LogP contribution in [-0.2, 0) is 11.0 Å². The number of nitrogens with zero attached hydrogens (tertiary/aromatic N) is 5. The molecule has 0 aromatic carbocycles. The third kappa shape index (κ3) is 3.11. The van der Waals surface area contributed by atoms with Gasteiger partial charge >= 0.3 is 6.18 Å². The number of alkyl halides is 3. The first-order valence-electron chi connectivity index (χ1n) is 7.97. The van der Waals surface area contributed by atoms with Gasteiger partial charge in [-0.05, 0) is 19.3 Å². The summed E-state index contributed by atoms with van der Waals surface area (Å²) in [7, 11) is 3.28. The summed E-state index contributed by atoms with van der Waals surface area (Å²) in [6.45, 7) is 0.980. The maximum Gasteiger partial charge on any atom is 0.433 e. The predicted octanol–water partition coefficient (Wildman–Crippen LogP) is 2.11. The first-order valence-corrected chi connectivity index (χ1v) is 7.97. The van der Waals surface area contributed by atoms with Crippen LogP contribution in [0.3, 0.4) is 0 Å². The highest BCUT2D eigenvalue weighted by Crippen LogP contribution is 2.33. The van der Waals surface area contributed by atoms with Crippen molar-refractivity contribution in [3.05, 3.63) is 11.8 Å². The number of carbonyl (C=O) groups is 1. The van der Waals surface area contributed by atoms with Gasteiger partial charge in [0.2, 0.25) is 11.9 Å². The number of piperidine rings is 1. The highest BCUT2D eigenvalue weighted by molar-refractivity contribution is 5.79. The Kier molecular flexibility index (Phi) is 4.27. The maximum absolute atomic E-state index is 13.2. The monoisotopic (exact) mass is 343 g/mol. The van der Waals surface area contributed by atoms with Gasteiger partial charge in [-0.3, -0.25) is 4.79 Å². The van der Waals surface area contributed by atoms with Crippen LogP contribution in [0.1, 0.15) is 31.4 Å². The van der Waals surface area contributed by atoms with Crippen molar-refractivity contribution in [2.75, 3.05) is 37.0 Å². The van der Waals surface area contributed by atoms with Crippen LogP contribution in [0.15, 0.2) is 6.07 Å². The average molecular weight is 343 g/mol. The third-order valence-electron chi connectivity index (χ3n) is 4.42. The molecule has 1 atom stereocenters. The fourth-order valence-electron chi connectivity index (χ4n) is 3.20. The molecule has 3 heterocycles. The van der Waals surface area contributed by atoms with E-state index in [1.165, 1.54) is 4.90 Å². The van der Waals surface area contributed by atoms with Crippen LogP contribution < -0.4 is 9.80 Å². The Labute approximate surface area is 138 Å². The molecule has 2 aliphatic rings. The van der Waals surface area contributed by atoms with E-state index in [1.807, 2.05) is 0 Å². The van der Waals surface area contributed by atoms with Crippen LogP contribution in [-0.4, -0.2) is 54.1 Å². The summed E-state index contributed by atoms with van der Waals surface area (Å²) >= 11 is 0. The number of hydrogen-bond donors (Lipinski definition) is 0. The summed E-state index contributed by atoms with van der Waals surface area (Å²) in [6, 6.07) is 0.942. The van der Waals surface area contributed by atoms with E-state index in [0.717, 1.165) is 25.3 Å². The second-order valence-electron chi connectivity index (χ2n) is 6.31. The minimum Gasteiger partial charge on any atom is -0.363 e. The first-order chi connectivity index (χ1) is 11.3. The molecule has 132 valence electrons. The minimum absolute atomic E-state index is 0.0397. The average Bonchev–Trinajstić information content (AvgIpc) is 2.54. The van der Waals surface area contributed by atoms with Crippen LogP contribution in [0.2, 0.25) is 0 Å². The van der Waals surface area contributed by atoms with Crippen molar-refractivity contribution in [2.45, 2.75) is 38.0 Å². The van der Waals surface area contributed by atoms with Crippen molar-refractivity contribution < 1.29 is 18.0 Å². The summed E-state index contributed by atoms with van der Waals surface area (Å²) in [5, 5.41) is 0. The van der Waals surface area contributed by atoms with Gasteiger partial charge in [0.1, 0.15) is 12.0 Å². The summed E-state index contributed by atoms with van der Waals surface area (Å²) in [4.78, 5) is 25.1. The van der Waals surface area contributed by atoms with E-state index in [1.54, 1.807) is 23.9 Å². The van der Waals surface area contributed by atoms with Gasteiger partial charge in [0, 0.05) is 39.7 Å². The lowest BCUT2D eigenvalue weighted by Crippen LogP contribution is -2.58. The molecule has 1 aromatic heterocycles. The molecule has 0 bridgehead atoms. The summed E-state index contributed by atoms with van der Waals surface area (Å²) in [5.41, 5.74) is -0.963. The van der Waals surface area contributed by atoms with E-state index < -0.39 is 11.9 Å². The summed E-state index contributed by atoms with van der Waals surface area (Å²) < 4.78 is 39.5. The zero-order valence-electron chi connectivity index (χ0n) is 13.7. The SMILES string of the molecule is CN(C)c1cc(C(F)(F)F)nc(N2CCC(=O)N3CCCCC32)n1. The van der Waals surface area contributed by atoms with Crippen molar-refractivity contribution >= 4 is 17.7 Å². The van der Waals surface area contributed by atoms with Crippen LogP contribution in [0.4, 0.5) is 24.9 Å². The number of anilines is 2. The third-order valence-corrected chi connectivity index (χ3v) is 4.42. The number of carbonyl (C=O) groups excluding carboxylic acids is 1. The van der Waals surface area contributed by atoms with Crippen LogP contribution in [0.5, 0.6) is 0 Å². The zero-order chi connectivity index (χ0) is 17.5. The standard InChI is InChI=1S/C15H20F3N5O/c1-21(2)11-9-10(15(16,17)18)19-14(20-11)23-8-6-13(24)22-7-4-3-5-12(22)23/h9,12H,3-8H2,1-2H3. The molecule has 2 saturated heterocycles. The number of rotatable bonds is 2. The molecule has 3 rings (SSSR count). The topological polar surface area (TPSA) is 52.6 Å². The van der Waals surface area contributed by atoms with E-state index in [9.17, 15) is 18.0 Å². The lowest BCUT2D eigenvalue weighted by molar-refractivity contribution is -0.141. The van der Waals surface area contributed by atoms with Crippen molar-refractivity contribution in [1.29, 1.82) is 0 Å². The maximum atomic E-state index is 13.2. The molecule has 2 fully saturated rings. The van der Waals surface area contributed by atoms with Crippen LogP contribution in [0, 0.1) is 0 Å². The molecular formula is C15H20F3N5O. The Balaban J connectivity index is 2.01. The molecule has 9 heteroatoms. The first kappa shape index (κ1) is 16.8. The molecule has 0 radical (unpaired) electrons. The number of hydrogen-bond acceptors (Lipinski definition) is 5. The van der Waals surface area contributed by atoms with Crippen molar-refractivity contribution in [2.24, 2.45) is 0 Å². The Bertz CT molecular complexity index is 634. The van der Waals surface area contributed by atoms with Gasteiger partial charge in [0.05, 0.1) is 0 Å². The second kappa shape index (κ2) is 6.10. The van der Waals surface area contributed by atoms with E-state index >= 15 is 0 Å². The van der Waals surface area contributed by atoms with Gasteiger partial charge in [-0.15, -0.1) is 0 Å². The molecule has 6 nitrogen and oxygen atoms in total. The zero-order valence-corrected chi connectivity index (χ0v) is 13.7. The van der Waals surface area contributed by atoms with Crippen LogP contribution in [0.25, 0.3) is 0 Å².